The molecule has 7 nitrogen and oxygen atoms in total. The highest BCUT2D eigenvalue weighted by Gasteiger charge is 2.15. The first kappa shape index (κ1) is 16.5. The van der Waals surface area contributed by atoms with Crippen LogP contribution in [-0.4, -0.2) is 39.4 Å². The van der Waals surface area contributed by atoms with Gasteiger partial charge < -0.3 is 14.8 Å². The van der Waals surface area contributed by atoms with E-state index in [0.29, 0.717) is 31.1 Å². The lowest BCUT2D eigenvalue weighted by molar-refractivity contribution is 0.0525. The standard InChI is InChI=1S/C14H19BrN4O3/c1-14(2,3)22-13(20)16-6-4-8-21-11-5-7-19-12(18-11)10(15)9-17-19/h5,7,9H,4,6,8H2,1-3H3,(H,16,20). The second kappa shape index (κ2) is 6.95. The Morgan fingerprint density at radius 1 is 1.45 bits per heavy atom. The normalized spacial score (nSPS) is 11.5. The molecule has 0 saturated heterocycles. The average molecular weight is 371 g/mol. The van der Waals surface area contributed by atoms with E-state index in [1.165, 1.54) is 0 Å². The minimum atomic E-state index is -0.488. The third-order valence-electron chi connectivity index (χ3n) is 2.54. The molecular weight excluding hydrogens is 352 g/mol. The van der Waals surface area contributed by atoms with Gasteiger partial charge in [-0.1, -0.05) is 0 Å². The SMILES string of the molecule is CC(C)(C)OC(=O)NCCCOc1ccn2ncc(Br)c2n1. The van der Waals surface area contributed by atoms with Crippen LogP contribution in [0.5, 0.6) is 5.88 Å². The molecule has 0 aromatic carbocycles. The minimum absolute atomic E-state index is 0.421. The summed E-state index contributed by atoms with van der Waals surface area (Å²) < 4.78 is 13.2. The monoisotopic (exact) mass is 370 g/mol. The summed E-state index contributed by atoms with van der Waals surface area (Å²) in [6.45, 7) is 6.41. The molecular formula is C14H19BrN4O3. The van der Waals surface area contributed by atoms with Gasteiger partial charge in [0.1, 0.15) is 5.60 Å². The van der Waals surface area contributed by atoms with E-state index in [-0.39, 0.29) is 0 Å². The van der Waals surface area contributed by atoms with E-state index in [1.54, 1.807) is 23.0 Å². The summed E-state index contributed by atoms with van der Waals surface area (Å²) in [7, 11) is 0. The van der Waals surface area contributed by atoms with Crippen molar-refractivity contribution in [2.45, 2.75) is 32.8 Å². The molecule has 0 fully saturated rings. The van der Waals surface area contributed by atoms with E-state index >= 15 is 0 Å². The molecule has 0 unspecified atom stereocenters. The number of nitrogens with one attached hydrogen (secondary N) is 1. The zero-order valence-corrected chi connectivity index (χ0v) is 14.4. The van der Waals surface area contributed by atoms with E-state index in [2.05, 4.69) is 31.3 Å². The molecule has 2 rings (SSSR count). The van der Waals surface area contributed by atoms with Crippen molar-refractivity contribution in [3.05, 3.63) is 22.9 Å². The number of ether oxygens (including phenoxy) is 2. The van der Waals surface area contributed by atoms with Gasteiger partial charge in [0.15, 0.2) is 5.65 Å². The highest BCUT2D eigenvalue weighted by atomic mass is 79.9. The molecule has 0 spiro atoms. The van der Waals surface area contributed by atoms with E-state index in [4.69, 9.17) is 9.47 Å². The molecule has 0 atom stereocenters. The van der Waals surface area contributed by atoms with Crippen molar-refractivity contribution >= 4 is 27.7 Å². The van der Waals surface area contributed by atoms with Crippen LogP contribution in [0.2, 0.25) is 0 Å². The fourth-order valence-electron chi connectivity index (χ4n) is 1.66. The van der Waals surface area contributed by atoms with E-state index < -0.39 is 11.7 Å². The summed E-state index contributed by atoms with van der Waals surface area (Å²) in [6.07, 6.45) is 3.69. The Labute approximate surface area is 137 Å². The first-order chi connectivity index (χ1) is 10.3. The van der Waals surface area contributed by atoms with Crippen molar-refractivity contribution in [1.29, 1.82) is 0 Å². The number of alkyl carbamates (subject to hydrolysis) is 1. The molecule has 2 heterocycles. The van der Waals surface area contributed by atoms with Crippen LogP contribution in [0.3, 0.4) is 0 Å². The summed E-state index contributed by atoms with van der Waals surface area (Å²) in [5, 5.41) is 6.78. The lowest BCUT2D eigenvalue weighted by atomic mass is 10.2. The lowest BCUT2D eigenvalue weighted by Gasteiger charge is -2.19. The van der Waals surface area contributed by atoms with E-state index in [1.807, 2.05) is 20.8 Å². The molecule has 0 aliphatic heterocycles. The lowest BCUT2D eigenvalue weighted by Crippen LogP contribution is -2.33. The van der Waals surface area contributed by atoms with Gasteiger partial charge in [-0.3, -0.25) is 0 Å². The predicted molar refractivity (Wildman–Crippen MR) is 85.0 cm³/mol. The molecule has 120 valence electrons. The number of rotatable bonds is 5. The Balaban J connectivity index is 1.72. The Morgan fingerprint density at radius 2 is 2.23 bits per heavy atom. The van der Waals surface area contributed by atoms with E-state index in [0.717, 1.165) is 4.47 Å². The van der Waals surface area contributed by atoms with Crippen LogP contribution in [-0.2, 0) is 4.74 Å². The molecule has 1 amide bonds. The maximum atomic E-state index is 11.4. The third-order valence-corrected chi connectivity index (χ3v) is 3.10. The molecule has 0 aliphatic carbocycles. The molecule has 22 heavy (non-hydrogen) atoms. The zero-order chi connectivity index (χ0) is 16.2. The van der Waals surface area contributed by atoms with Crippen molar-refractivity contribution in [3.63, 3.8) is 0 Å². The molecule has 0 radical (unpaired) electrons. The van der Waals surface area contributed by atoms with Crippen molar-refractivity contribution in [1.82, 2.24) is 19.9 Å². The van der Waals surface area contributed by atoms with Gasteiger partial charge in [0.2, 0.25) is 5.88 Å². The summed E-state index contributed by atoms with van der Waals surface area (Å²) in [6, 6.07) is 1.74. The Morgan fingerprint density at radius 3 is 2.95 bits per heavy atom. The van der Waals surface area contributed by atoms with Gasteiger partial charge in [-0.05, 0) is 43.1 Å². The fraction of sp³-hybridized carbons (Fsp3) is 0.500. The Bertz CT molecular complexity index is 651. The largest absolute Gasteiger partial charge is 0.478 e. The van der Waals surface area contributed by atoms with Gasteiger partial charge in [0.05, 0.1) is 17.3 Å². The van der Waals surface area contributed by atoms with E-state index in [9.17, 15) is 4.79 Å². The van der Waals surface area contributed by atoms with Gasteiger partial charge in [0, 0.05) is 18.8 Å². The highest BCUT2D eigenvalue weighted by molar-refractivity contribution is 9.10. The molecule has 2 aromatic rings. The number of carbonyl (C=O) groups is 1. The maximum Gasteiger partial charge on any atom is 0.407 e. The van der Waals surface area contributed by atoms with Gasteiger partial charge in [-0.2, -0.15) is 10.1 Å². The molecule has 0 saturated carbocycles. The zero-order valence-electron chi connectivity index (χ0n) is 12.8. The Kier molecular flexibility index (Phi) is 5.23. The number of hydrogen-bond donors (Lipinski definition) is 1. The topological polar surface area (TPSA) is 77.8 Å². The van der Waals surface area contributed by atoms with Gasteiger partial charge in [0.25, 0.3) is 0 Å². The van der Waals surface area contributed by atoms with Crippen LogP contribution in [0.15, 0.2) is 22.9 Å². The van der Waals surface area contributed by atoms with Gasteiger partial charge in [-0.25, -0.2) is 9.31 Å². The second-order valence-electron chi connectivity index (χ2n) is 5.66. The van der Waals surface area contributed by atoms with Crippen molar-refractivity contribution in [2.75, 3.05) is 13.2 Å². The summed E-state index contributed by atoms with van der Waals surface area (Å²) in [5.74, 6) is 0.519. The van der Waals surface area contributed by atoms with Crippen LogP contribution in [0.25, 0.3) is 5.65 Å². The second-order valence-corrected chi connectivity index (χ2v) is 6.51. The van der Waals surface area contributed by atoms with Crippen LogP contribution < -0.4 is 10.1 Å². The Hall–Kier alpha value is -1.83. The number of halogens is 1. The fourth-order valence-corrected chi connectivity index (χ4v) is 2.02. The third kappa shape index (κ3) is 4.87. The summed E-state index contributed by atoms with van der Waals surface area (Å²) >= 11 is 3.37. The molecule has 1 N–H and O–H groups in total. The smallest absolute Gasteiger partial charge is 0.407 e. The highest BCUT2D eigenvalue weighted by Crippen LogP contribution is 2.17. The molecule has 0 aliphatic rings. The van der Waals surface area contributed by atoms with Crippen LogP contribution >= 0.6 is 15.9 Å². The summed E-state index contributed by atoms with van der Waals surface area (Å²) in [4.78, 5) is 15.8. The van der Waals surface area contributed by atoms with Gasteiger partial charge >= 0.3 is 6.09 Å². The quantitative estimate of drug-likeness (QED) is 0.818. The first-order valence-electron chi connectivity index (χ1n) is 6.95. The molecule has 0 bridgehead atoms. The number of amides is 1. The minimum Gasteiger partial charge on any atom is -0.478 e. The van der Waals surface area contributed by atoms with Crippen molar-refractivity contribution < 1.29 is 14.3 Å². The van der Waals surface area contributed by atoms with Crippen LogP contribution in [0, 0.1) is 0 Å². The number of fused-ring (bicyclic) bond motifs is 1. The average Bonchev–Trinajstić information content (AvgIpc) is 2.78. The molecule has 8 heteroatoms. The van der Waals surface area contributed by atoms with Gasteiger partial charge in [-0.15, -0.1) is 0 Å². The number of nitrogens with zero attached hydrogens (tertiary/aromatic N) is 3. The maximum absolute atomic E-state index is 11.4. The van der Waals surface area contributed by atoms with Crippen LogP contribution in [0.4, 0.5) is 4.79 Å². The number of carbonyl (C=O) groups excluding carboxylic acids is 1. The number of hydrogen-bond acceptors (Lipinski definition) is 5. The summed E-state index contributed by atoms with van der Waals surface area (Å²) in [5.41, 5.74) is 0.211. The predicted octanol–water partition coefficient (Wildman–Crippen LogP) is 2.79. The molecule has 2 aromatic heterocycles. The van der Waals surface area contributed by atoms with Crippen molar-refractivity contribution in [2.24, 2.45) is 0 Å². The van der Waals surface area contributed by atoms with Crippen molar-refractivity contribution in [3.8, 4) is 5.88 Å². The number of aromatic nitrogens is 3. The van der Waals surface area contributed by atoms with Crippen LogP contribution in [0.1, 0.15) is 27.2 Å². The first-order valence-corrected chi connectivity index (χ1v) is 7.74.